The van der Waals surface area contributed by atoms with Crippen LogP contribution in [-0.4, -0.2) is 15.2 Å². The summed E-state index contributed by atoms with van der Waals surface area (Å²) in [5.41, 5.74) is 3.20. The van der Waals surface area contributed by atoms with Gasteiger partial charge in [0.05, 0.1) is 11.9 Å². The van der Waals surface area contributed by atoms with Crippen molar-refractivity contribution in [1.82, 2.24) is 15.2 Å². The first kappa shape index (κ1) is 12.3. The Labute approximate surface area is 115 Å². The van der Waals surface area contributed by atoms with Gasteiger partial charge in [-0.15, -0.1) is 0 Å². The fourth-order valence-corrected chi connectivity index (χ4v) is 1.89. The number of pyridine rings is 1. The Bertz CT molecular complexity index is 660. The predicted molar refractivity (Wildman–Crippen MR) is 75.5 cm³/mol. The molecule has 0 fully saturated rings. The number of nitrogens with one attached hydrogen (secondary N) is 2. The number of H-pyrrole nitrogens is 1. The second-order valence-corrected chi connectivity index (χ2v) is 4.38. The standard InChI is InChI=1S/C15H13FN4/c16-13-5-6-15(18-10-13)17-9-11-1-3-12(4-2-11)14-7-8-19-20-14/h1-8,10H,9H2,(H,17,18)(H,19,20). The number of hydrogen-bond donors (Lipinski definition) is 2. The van der Waals surface area contributed by atoms with Crippen LogP contribution in [0.3, 0.4) is 0 Å². The molecule has 0 spiro atoms. The van der Waals surface area contributed by atoms with Gasteiger partial charge in [0.2, 0.25) is 0 Å². The third-order valence-electron chi connectivity index (χ3n) is 2.97. The monoisotopic (exact) mass is 268 g/mol. The molecule has 2 N–H and O–H groups in total. The Hall–Kier alpha value is -2.69. The van der Waals surface area contributed by atoms with Gasteiger partial charge in [-0.1, -0.05) is 24.3 Å². The van der Waals surface area contributed by atoms with Gasteiger partial charge in [-0.05, 0) is 29.3 Å². The molecule has 2 heterocycles. The summed E-state index contributed by atoms with van der Waals surface area (Å²) in [6.07, 6.45) is 2.93. The zero-order valence-electron chi connectivity index (χ0n) is 10.7. The summed E-state index contributed by atoms with van der Waals surface area (Å²) in [6.45, 7) is 0.641. The van der Waals surface area contributed by atoms with Crippen LogP contribution in [0, 0.1) is 5.82 Å². The first-order chi connectivity index (χ1) is 9.81. The lowest BCUT2D eigenvalue weighted by atomic mass is 10.1. The smallest absolute Gasteiger partial charge is 0.141 e. The second kappa shape index (κ2) is 5.52. The molecule has 0 aliphatic heterocycles. The van der Waals surface area contributed by atoms with Gasteiger partial charge in [0, 0.05) is 12.7 Å². The third kappa shape index (κ3) is 2.83. The third-order valence-corrected chi connectivity index (χ3v) is 2.97. The molecule has 100 valence electrons. The minimum Gasteiger partial charge on any atom is -0.366 e. The van der Waals surface area contributed by atoms with E-state index in [-0.39, 0.29) is 5.82 Å². The van der Waals surface area contributed by atoms with Crippen molar-refractivity contribution in [2.45, 2.75) is 6.54 Å². The van der Waals surface area contributed by atoms with Gasteiger partial charge in [-0.25, -0.2) is 9.37 Å². The average Bonchev–Trinajstić information content (AvgIpc) is 3.01. The van der Waals surface area contributed by atoms with E-state index in [1.165, 1.54) is 12.3 Å². The first-order valence-corrected chi connectivity index (χ1v) is 6.25. The van der Waals surface area contributed by atoms with Crippen LogP contribution in [0.5, 0.6) is 0 Å². The molecule has 0 amide bonds. The molecular weight excluding hydrogens is 255 g/mol. The molecule has 5 heteroatoms. The van der Waals surface area contributed by atoms with Gasteiger partial charge in [0.25, 0.3) is 0 Å². The number of benzene rings is 1. The Balaban J connectivity index is 1.65. The lowest BCUT2D eigenvalue weighted by Crippen LogP contribution is -2.01. The van der Waals surface area contributed by atoms with E-state index in [4.69, 9.17) is 0 Å². The molecule has 0 radical (unpaired) electrons. The van der Waals surface area contributed by atoms with Crippen LogP contribution in [0.25, 0.3) is 11.3 Å². The van der Waals surface area contributed by atoms with Crippen molar-refractivity contribution in [3.05, 3.63) is 66.2 Å². The first-order valence-electron chi connectivity index (χ1n) is 6.25. The lowest BCUT2D eigenvalue weighted by Gasteiger charge is -2.06. The van der Waals surface area contributed by atoms with E-state index in [1.807, 2.05) is 30.3 Å². The van der Waals surface area contributed by atoms with Gasteiger partial charge in [-0.3, -0.25) is 5.10 Å². The van der Waals surface area contributed by atoms with Crippen molar-refractivity contribution in [2.75, 3.05) is 5.32 Å². The minimum absolute atomic E-state index is 0.334. The Morgan fingerprint density at radius 1 is 1.05 bits per heavy atom. The molecule has 3 aromatic rings. The fraction of sp³-hybridized carbons (Fsp3) is 0.0667. The van der Waals surface area contributed by atoms with Crippen LogP contribution in [0.15, 0.2) is 54.9 Å². The highest BCUT2D eigenvalue weighted by Gasteiger charge is 2.00. The van der Waals surface area contributed by atoms with E-state index in [0.29, 0.717) is 12.4 Å². The van der Waals surface area contributed by atoms with Gasteiger partial charge < -0.3 is 5.32 Å². The number of aromatic amines is 1. The largest absolute Gasteiger partial charge is 0.366 e. The molecule has 2 aromatic heterocycles. The van der Waals surface area contributed by atoms with Crippen molar-refractivity contribution < 1.29 is 4.39 Å². The van der Waals surface area contributed by atoms with Crippen LogP contribution in [0.2, 0.25) is 0 Å². The van der Waals surface area contributed by atoms with E-state index < -0.39 is 0 Å². The summed E-state index contributed by atoms with van der Waals surface area (Å²) in [7, 11) is 0. The Morgan fingerprint density at radius 2 is 1.90 bits per heavy atom. The molecule has 1 aromatic carbocycles. The molecule has 0 bridgehead atoms. The zero-order valence-corrected chi connectivity index (χ0v) is 10.7. The highest BCUT2D eigenvalue weighted by Crippen LogP contribution is 2.17. The van der Waals surface area contributed by atoms with Crippen molar-refractivity contribution in [2.24, 2.45) is 0 Å². The Morgan fingerprint density at radius 3 is 2.55 bits per heavy atom. The summed E-state index contributed by atoms with van der Waals surface area (Å²) in [4.78, 5) is 3.95. The molecule has 0 atom stereocenters. The second-order valence-electron chi connectivity index (χ2n) is 4.38. The number of anilines is 1. The number of hydrogen-bond acceptors (Lipinski definition) is 3. The van der Waals surface area contributed by atoms with Crippen LogP contribution in [0.4, 0.5) is 10.2 Å². The average molecular weight is 268 g/mol. The molecule has 0 aliphatic carbocycles. The summed E-state index contributed by atoms with van der Waals surface area (Å²) in [6, 6.07) is 13.1. The summed E-state index contributed by atoms with van der Waals surface area (Å²) < 4.78 is 12.7. The number of aromatic nitrogens is 3. The molecule has 3 rings (SSSR count). The number of nitrogens with zero attached hydrogens (tertiary/aromatic N) is 2. The van der Waals surface area contributed by atoms with Crippen LogP contribution < -0.4 is 5.32 Å². The highest BCUT2D eigenvalue weighted by atomic mass is 19.1. The summed E-state index contributed by atoms with van der Waals surface area (Å²) in [5, 5.41) is 10.00. The van der Waals surface area contributed by atoms with E-state index in [9.17, 15) is 4.39 Å². The summed E-state index contributed by atoms with van der Waals surface area (Å²) >= 11 is 0. The predicted octanol–water partition coefficient (Wildman–Crippen LogP) is 3.22. The number of halogens is 1. The molecule has 0 saturated heterocycles. The number of rotatable bonds is 4. The molecule has 4 nitrogen and oxygen atoms in total. The summed E-state index contributed by atoms with van der Waals surface area (Å²) in [5.74, 6) is 0.323. The van der Waals surface area contributed by atoms with E-state index in [2.05, 4.69) is 20.5 Å². The SMILES string of the molecule is Fc1ccc(NCc2ccc(-c3ccn[nH]3)cc2)nc1. The van der Waals surface area contributed by atoms with Crippen molar-refractivity contribution in [3.8, 4) is 11.3 Å². The maximum absolute atomic E-state index is 12.7. The highest BCUT2D eigenvalue weighted by molar-refractivity contribution is 5.58. The minimum atomic E-state index is -0.334. The van der Waals surface area contributed by atoms with Crippen LogP contribution in [0.1, 0.15) is 5.56 Å². The molecule has 0 saturated carbocycles. The van der Waals surface area contributed by atoms with E-state index in [1.54, 1.807) is 12.3 Å². The van der Waals surface area contributed by atoms with Crippen LogP contribution in [-0.2, 0) is 6.54 Å². The Kier molecular flexibility index (Phi) is 3.41. The van der Waals surface area contributed by atoms with Gasteiger partial charge in [-0.2, -0.15) is 5.10 Å². The van der Waals surface area contributed by atoms with E-state index in [0.717, 1.165) is 16.8 Å². The van der Waals surface area contributed by atoms with Crippen molar-refractivity contribution in [3.63, 3.8) is 0 Å². The molecule has 0 aliphatic rings. The van der Waals surface area contributed by atoms with Gasteiger partial charge in [0.1, 0.15) is 11.6 Å². The topological polar surface area (TPSA) is 53.6 Å². The maximum Gasteiger partial charge on any atom is 0.141 e. The normalized spacial score (nSPS) is 10.4. The zero-order chi connectivity index (χ0) is 13.8. The van der Waals surface area contributed by atoms with Gasteiger partial charge in [0.15, 0.2) is 0 Å². The quantitative estimate of drug-likeness (QED) is 0.764. The maximum atomic E-state index is 12.7. The lowest BCUT2D eigenvalue weighted by molar-refractivity contribution is 0.621. The molecule has 0 unspecified atom stereocenters. The van der Waals surface area contributed by atoms with E-state index >= 15 is 0 Å². The van der Waals surface area contributed by atoms with Gasteiger partial charge >= 0.3 is 0 Å². The van der Waals surface area contributed by atoms with Crippen molar-refractivity contribution >= 4 is 5.82 Å². The molecule has 20 heavy (non-hydrogen) atoms. The van der Waals surface area contributed by atoms with Crippen molar-refractivity contribution in [1.29, 1.82) is 0 Å². The molecular formula is C15H13FN4. The fourth-order valence-electron chi connectivity index (χ4n) is 1.89. The van der Waals surface area contributed by atoms with Crippen LogP contribution >= 0.6 is 0 Å².